The number of rotatable bonds is 4. The van der Waals surface area contributed by atoms with Crippen LogP contribution in [0.1, 0.15) is 33.9 Å². The number of carbonyl (C=O) groups excluding carboxylic acids is 1. The van der Waals surface area contributed by atoms with Gasteiger partial charge in [-0.3, -0.25) is 4.79 Å². The van der Waals surface area contributed by atoms with Crippen molar-refractivity contribution in [2.45, 2.75) is 20.0 Å². The average molecular weight is 380 g/mol. The highest BCUT2D eigenvalue weighted by atomic mass is 16.5. The molecule has 0 aliphatic carbocycles. The van der Waals surface area contributed by atoms with Gasteiger partial charge in [0.2, 0.25) is 11.7 Å². The highest BCUT2D eigenvalue weighted by molar-refractivity contribution is 5.92. The number of ether oxygens (including phenoxy) is 1. The molecule has 0 saturated carbocycles. The molecular formula is C19H20N6O3. The summed E-state index contributed by atoms with van der Waals surface area (Å²) in [5, 5.41) is 3.06. The van der Waals surface area contributed by atoms with Crippen LogP contribution < -0.4 is 5.32 Å². The van der Waals surface area contributed by atoms with Gasteiger partial charge in [0.05, 0.1) is 24.5 Å². The second-order valence-electron chi connectivity index (χ2n) is 6.40. The van der Waals surface area contributed by atoms with E-state index < -0.39 is 0 Å². The molecule has 0 bridgehead atoms. The third kappa shape index (κ3) is 3.84. The fraction of sp³-hybridized carbons (Fsp3) is 0.316. The first-order valence-corrected chi connectivity index (χ1v) is 8.96. The van der Waals surface area contributed by atoms with Crippen LogP contribution in [-0.4, -0.2) is 50.4 Å². The van der Waals surface area contributed by atoms with Crippen molar-refractivity contribution in [2.75, 3.05) is 25.0 Å². The Morgan fingerprint density at radius 2 is 2.00 bits per heavy atom. The first-order valence-electron chi connectivity index (χ1n) is 8.96. The van der Waals surface area contributed by atoms with Gasteiger partial charge in [-0.05, 0) is 25.1 Å². The maximum Gasteiger partial charge on any atom is 0.291 e. The minimum atomic E-state index is -0.333. The molecule has 1 fully saturated rings. The largest absolute Gasteiger partial charge is 0.436 e. The molecule has 3 aromatic heterocycles. The molecule has 1 aliphatic heterocycles. The van der Waals surface area contributed by atoms with Crippen LogP contribution in [0.3, 0.4) is 0 Å². The molecule has 1 atom stereocenters. The van der Waals surface area contributed by atoms with E-state index >= 15 is 0 Å². The maximum absolute atomic E-state index is 12.8. The van der Waals surface area contributed by atoms with E-state index in [1.165, 1.54) is 0 Å². The minimum Gasteiger partial charge on any atom is -0.436 e. The molecule has 9 nitrogen and oxygen atoms in total. The number of nitrogens with zero attached hydrogens (tertiary/aromatic N) is 5. The molecule has 1 aliphatic rings. The molecule has 1 saturated heterocycles. The van der Waals surface area contributed by atoms with E-state index in [9.17, 15) is 4.79 Å². The van der Waals surface area contributed by atoms with E-state index in [0.717, 1.165) is 5.69 Å². The zero-order chi connectivity index (χ0) is 19.5. The summed E-state index contributed by atoms with van der Waals surface area (Å²) in [6.45, 7) is 4.79. The fourth-order valence-electron chi connectivity index (χ4n) is 3.06. The molecule has 9 heteroatoms. The molecule has 0 radical (unpaired) electrons. The number of morpholine rings is 1. The van der Waals surface area contributed by atoms with Crippen LogP contribution in [0.4, 0.5) is 11.8 Å². The summed E-state index contributed by atoms with van der Waals surface area (Å²) in [5.74, 6) is 1.65. The smallest absolute Gasteiger partial charge is 0.291 e. The number of pyridine rings is 1. The van der Waals surface area contributed by atoms with Crippen molar-refractivity contribution in [3.8, 4) is 0 Å². The van der Waals surface area contributed by atoms with Crippen LogP contribution in [0.5, 0.6) is 0 Å². The molecule has 3 aromatic rings. The van der Waals surface area contributed by atoms with Gasteiger partial charge in [0, 0.05) is 25.9 Å². The number of hydrogen-bond acceptors (Lipinski definition) is 8. The van der Waals surface area contributed by atoms with Crippen molar-refractivity contribution < 1.29 is 13.9 Å². The lowest BCUT2D eigenvalue weighted by atomic mass is 10.1. The summed E-state index contributed by atoms with van der Waals surface area (Å²) >= 11 is 0. The number of anilines is 2. The Balaban J connectivity index is 1.49. The van der Waals surface area contributed by atoms with E-state index in [0.29, 0.717) is 43.0 Å². The average Bonchev–Trinajstić information content (AvgIpc) is 3.06. The Morgan fingerprint density at radius 3 is 2.75 bits per heavy atom. The molecule has 144 valence electrons. The molecule has 4 heterocycles. The molecule has 0 unspecified atom stereocenters. The van der Waals surface area contributed by atoms with Crippen LogP contribution in [0.25, 0.3) is 0 Å². The molecule has 4 rings (SSSR count). The van der Waals surface area contributed by atoms with Gasteiger partial charge in [-0.2, -0.15) is 0 Å². The lowest BCUT2D eigenvalue weighted by Crippen LogP contribution is -2.42. The van der Waals surface area contributed by atoms with Crippen molar-refractivity contribution in [2.24, 2.45) is 0 Å². The predicted octanol–water partition coefficient (Wildman–Crippen LogP) is 2.43. The molecule has 0 spiro atoms. The van der Waals surface area contributed by atoms with Crippen molar-refractivity contribution >= 4 is 17.7 Å². The van der Waals surface area contributed by atoms with E-state index in [1.54, 1.807) is 37.2 Å². The zero-order valence-electron chi connectivity index (χ0n) is 15.6. The Hall–Kier alpha value is -3.33. The van der Waals surface area contributed by atoms with Gasteiger partial charge in [-0.25, -0.2) is 19.9 Å². The summed E-state index contributed by atoms with van der Waals surface area (Å²) in [6.07, 6.45) is 2.97. The van der Waals surface area contributed by atoms with Crippen molar-refractivity contribution in [1.82, 2.24) is 24.8 Å². The van der Waals surface area contributed by atoms with E-state index in [1.807, 2.05) is 18.2 Å². The SMILES string of the molecule is Cc1nc(C)c(C(=O)N2CCO[C@H](c3cccc(Nc4ncccn4)n3)C2)o1. The second-order valence-corrected chi connectivity index (χ2v) is 6.40. The van der Waals surface area contributed by atoms with Crippen molar-refractivity contribution in [3.05, 3.63) is 59.7 Å². The number of aromatic nitrogens is 4. The Labute approximate surface area is 161 Å². The molecule has 1 amide bonds. The summed E-state index contributed by atoms with van der Waals surface area (Å²) < 4.78 is 11.3. The highest BCUT2D eigenvalue weighted by Crippen LogP contribution is 2.24. The van der Waals surface area contributed by atoms with Gasteiger partial charge in [0.15, 0.2) is 5.89 Å². The van der Waals surface area contributed by atoms with Gasteiger partial charge in [-0.15, -0.1) is 0 Å². The van der Waals surface area contributed by atoms with Gasteiger partial charge in [0.1, 0.15) is 11.9 Å². The third-order valence-corrected chi connectivity index (χ3v) is 4.36. The number of oxazole rings is 1. The first-order chi connectivity index (χ1) is 13.6. The topological polar surface area (TPSA) is 106 Å². The van der Waals surface area contributed by atoms with Gasteiger partial charge >= 0.3 is 0 Å². The van der Waals surface area contributed by atoms with Crippen LogP contribution in [0, 0.1) is 13.8 Å². The molecule has 0 aromatic carbocycles. The summed E-state index contributed by atoms with van der Waals surface area (Å²) in [4.78, 5) is 31.6. The Morgan fingerprint density at radius 1 is 1.18 bits per heavy atom. The van der Waals surface area contributed by atoms with Crippen LogP contribution in [-0.2, 0) is 4.74 Å². The summed E-state index contributed by atoms with van der Waals surface area (Å²) in [7, 11) is 0. The zero-order valence-corrected chi connectivity index (χ0v) is 15.6. The van der Waals surface area contributed by atoms with Gasteiger partial charge < -0.3 is 19.4 Å². The quantitative estimate of drug-likeness (QED) is 0.735. The Bertz CT molecular complexity index is 975. The van der Waals surface area contributed by atoms with E-state index in [-0.39, 0.29) is 17.8 Å². The monoisotopic (exact) mass is 380 g/mol. The third-order valence-electron chi connectivity index (χ3n) is 4.36. The first kappa shape index (κ1) is 18.1. The number of carbonyl (C=O) groups is 1. The lowest BCUT2D eigenvalue weighted by Gasteiger charge is -2.32. The summed E-state index contributed by atoms with van der Waals surface area (Å²) in [5.41, 5.74) is 1.32. The number of amides is 1. The minimum absolute atomic E-state index is 0.182. The number of aryl methyl sites for hydroxylation is 2. The van der Waals surface area contributed by atoms with Crippen LogP contribution >= 0.6 is 0 Å². The predicted molar refractivity (Wildman–Crippen MR) is 100 cm³/mol. The normalized spacial score (nSPS) is 16.8. The van der Waals surface area contributed by atoms with Gasteiger partial charge in [0.25, 0.3) is 5.91 Å². The van der Waals surface area contributed by atoms with Gasteiger partial charge in [-0.1, -0.05) is 6.07 Å². The number of hydrogen-bond donors (Lipinski definition) is 1. The molecule has 28 heavy (non-hydrogen) atoms. The van der Waals surface area contributed by atoms with Crippen molar-refractivity contribution in [3.63, 3.8) is 0 Å². The highest BCUT2D eigenvalue weighted by Gasteiger charge is 2.30. The summed E-state index contributed by atoms with van der Waals surface area (Å²) in [6, 6.07) is 7.32. The molecule has 1 N–H and O–H groups in total. The standard InChI is InChI=1S/C19H20N6O3/c1-12-17(28-13(2)22-12)18(26)25-9-10-27-15(11-25)14-5-3-6-16(23-14)24-19-20-7-4-8-21-19/h3-8,15H,9-11H2,1-2H3,(H,20,21,23,24)/t15-/m0/s1. The van der Waals surface area contributed by atoms with Crippen LogP contribution in [0.2, 0.25) is 0 Å². The number of nitrogens with one attached hydrogen (secondary N) is 1. The maximum atomic E-state index is 12.8. The van der Waals surface area contributed by atoms with Crippen LogP contribution in [0.15, 0.2) is 41.1 Å². The molecular weight excluding hydrogens is 360 g/mol. The fourth-order valence-corrected chi connectivity index (χ4v) is 3.06. The second kappa shape index (κ2) is 7.73. The van der Waals surface area contributed by atoms with E-state index in [2.05, 4.69) is 25.3 Å². The van der Waals surface area contributed by atoms with E-state index in [4.69, 9.17) is 9.15 Å². The lowest BCUT2D eigenvalue weighted by molar-refractivity contribution is -0.0256. The Kier molecular flexibility index (Phi) is 4.98. The van der Waals surface area contributed by atoms with Crippen molar-refractivity contribution in [1.29, 1.82) is 0 Å².